The first kappa shape index (κ1) is 11.9. The highest BCUT2D eigenvalue weighted by Crippen LogP contribution is 1.99. The van der Waals surface area contributed by atoms with E-state index in [0.717, 1.165) is 39.1 Å². The van der Waals surface area contributed by atoms with Crippen LogP contribution in [0.25, 0.3) is 0 Å². The first-order chi connectivity index (χ1) is 5.81. The zero-order valence-corrected chi connectivity index (χ0v) is 8.18. The molecule has 1 aliphatic heterocycles. The summed E-state index contributed by atoms with van der Waals surface area (Å²) in [5.74, 6) is 0. The fourth-order valence-electron chi connectivity index (χ4n) is 1.01. The molecule has 0 atom stereocenters. The molecule has 12 heavy (non-hydrogen) atoms. The smallest absolute Gasteiger partial charge is 0.0564 e. The number of hydrogen-bond donors (Lipinski definition) is 2. The minimum absolute atomic E-state index is 0.0266. The van der Waals surface area contributed by atoms with Gasteiger partial charge in [0.05, 0.1) is 6.10 Å². The van der Waals surface area contributed by atoms with Gasteiger partial charge in [0.1, 0.15) is 0 Å². The Bertz CT molecular complexity index is 80.6. The summed E-state index contributed by atoms with van der Waals surface area (Å²) < 4.78 is 4.83. The first-order valence-corrected chi connectivity index (χ1v) is 4.77. The van der Waals surface area contributed by atoms with E-state index in [1.165, 1.54) is 0 Å². The number of piperidine rings is 1. The number of rotatable bonds is 2. The van der Waals surface area contributed by atoms with Crippen molar-refractivity contribution in [3.05, 3.63) is 0 Å². The van der Waals surface area contributed by atoms with Crippen LogP contribution in [-0.2, 0) is 4.74 Å². The van der Waals surface area contributed by atoms with Gasteiger partial charge in [-0.05, 0) is 39.8 Å². The number of nitrogens with one attached hydrogen (secondary N) is 1. The van der Waals surface area contributed by atoms with Crippen LogP contribution >= 0.6 is 0 Å². The van der Waals surface area contributed by atoms with Crippen molar-refractivity contribution in [2.24, 2.45) is 0 Å². The average Bonchev–Trinajstić information content (AvgIpc) is 2.08. The minimum Gasteiger partial charge on any atom is -0.393 e. The fourth-order valence-corrected chi connectivity index (χ4v) is 1.01. The van der Waals surface area contributed by atoms with Gasteiger partial charge < -0.3 is 15.2 Å². The Hall–Kier alpha value is -0.120. The van der Waals surface area contributed by atoms with E-state index in [1.807, 2.05) is 13.8 Å². The summed E-state index contributed by atoms with van der Waals surface area (Å²) >= 11 is 0. The minimum atomic E-state index is -0.0266. The molecule has 0 radical (unpaired) electrons. The molecule has 0 aromatic heterocycles. The van der Waals surface area contributed by atoms with Gasteiger partial charge in [0.25, 0.3) is 0 Å². The number of aliphatic hydroxyl groups excluding tert-OH is 1. The lowest BCUT2D eigenvalue weighted by atomic mass is 10.1. The Morgan fingerprint density at radius 2 is 1.75 bits per heavy atom. The van der Waals surface area contributed by atoms with Crippen LogP contribution in [0.15, 0.2) is 0 Å². The Labute approximate surface area is 75.1 Å². The van der Waals surface area contributed by atoms with Crippen molar-refractivity contribution in [3.63, 3.8) is 0 Å². The molecule has 0 unspecified atom stereocenters. The van der Waals surface area contributed by atoms with Crippen LogP contribution in [0.2, 0.25) is 0 Å². The summed E-state index contributed by atoms with van der Waals surface area (Å²) in [5.41, 5.74) is 0. The molecule has 0 amide bonds. The van der Waals surface area contributed by atoms with E-state index in [-0.39, 0.29) is 6.10 Å². The van der Waals surface area contributed by atoms with E-state index in [9.17, 15) is 0 Å². The topological polar surface area (TPSA) is 41.5 Å². The molecule has 0 aliphatic carbocycles. The molecule has 0 saturated carbocycles. The van der Waals surface area contributed by atoms with Gasteiger partial charge in [0.15, 0.2) is 0 Å². The lowest BCUT2D eigenvalue weighted by Gasteiger charge is -2.16. The highest BCUT2D eigenvalue weighted by atomic mass is 16.5. The molecule has 2 N–H and O–H groups in total. The van der Waals surface area contributed by atoms with Crippen molar-refractivity contribution in [1.29, 1.82) is 0 Å². The SMILES string of the molecule is CCOCC.OC1CCNCC1. The van der Waals surface area contributed by atoms with Crippen molar-refractivity contribution < 1.29 is 9.84 Å². The predicted octanol–water partition coefficient (Wildman–Crippen LogP) is 0.773. The van der Waals surface area contributed by atoms with Crippen molar-refractivity contribution >= 4 is 0 Å². The second kappa shape index (κ2) is 8.97. The van der Waals surface area contributed by atoms with Crippen LogP contribution in [-0.4, -0.2) is 37.5 Å². The second-order valence-electron chi connectivity index (χ2n) is 2.76. The van der Waals surface area contributed by atoms with Crippen LogP contribution in [0, 0.1) is 0 Å². The van der Waals surface area contributed by atoms with Gasteiger partial charge in [-0.15, -0.1) is 0 Å². The molecule has 74 valence electrons. The maximum absolute atomic E-state index is 8.87. The Kier molecular flexibility index (Phi) is 8.88. The Morgan fingerprint density at radius 3 is 1.92 bits per heavy atom. The molecule has 1 rings (SSSR count). The Morgan fingerprint density at radius 1 is 1.25 bits per heavy atom. The first-order valence-electron chi connectivity index (χ1n) is 4.77. The molecule has 1 heterocycles. The molecule has 0 bridgehead atoms. The molecule has 0 spiro atoms. The van der Waals surface area contributed by atoms with Crippen molar-refractivity contribution in [1.82, 2.24) is 5.32 Å². The van der Waals surface area contributed by atoms with E-state index in [4.69, 9.17) is 9.84 Å². The van der Waals surface area contributed by atoms with E-state index in [2.05, 4.69) is 5.32 Å². The quantitative estimate of drug-likeness (QED) is 0.651. The monoisotopic (exact) mass is 175 g/mol. The summed E-state index contributed by atoms with van der Waals surface area (Å²) in [6.07, 6.45) is 1.83. The standard InChI is InChI=1S/C5H11NO.C4H10O/c7-5-1-3-6-4-2-5;1-3-5-4-2/h5-7H,1-4H2;3-4H2,1-2H3. The summed E-state index contributed by atoms with van der Waals surface area (Å²) in [6, 6.07) is 0. The van der Waals surface area contributed by atoms with E-state index in [1.54, 1.807) is 0 Å². The van der Waals surface area contributed by atoms with Gasteiger partial charge in [0.2, 0.25) is 0 Å². The van der Waals surface area contributed by atoms with Crippen LogP contribution < -0.4 is 5.32 Å². The van der Waals surface area contributed by atoms with Gasteiger partial charge >= 0.3 is 0 Å². The third kappa shape index (κ3) is 7.98. The third-order valence-corrected chi connectivity index (χ3v) is 1.72. The van der Waals surface area contributed by atoms with Crippen molar-refractivity contribution in [3.8, 4) is 0 Å². The van der Waals surface area contributed by atoms with Gasteiger partial charge in [-0.25, -0.2) is 0 Å². The summed E-state index contributed by atoms with van der Waals surface area (Å²) in [6.45, 7) is 7.64. The zero-order chi connectivity index (χ0) is 9.23. The molecular formula is C9H21NO2. The fraction of sp³-hybridized carbons (Fsp3) is 1.00. The molecule has 1 fully saturated rings. The average molecular weight is 175 g/mol. The van der Waals surface area contributed by atoms with Gasteiger partial charge in [-0.3, -0.25) is 0 Å². The lowest BCUT2D eigenvalue weighted by Crippen LogP contribution is -2.30. The van der Waals surface area contributed by atoms with Gasteiger partial charge in [-0.2, -0.15) is 0 Å². The summed E-state index contributed by atoms with van der Waals surface area (Å²) in [7, 11) is 0. The summed E-state index contributed by atoms with van der Waals surface area (Å²) in [4.78, 5) is 0. The van der Waals surface area contributed by atoms with Gasteiger partial charge in [-0.1, -0.05) is 0 Å². The van der Waals surface area contributed by atoms with Gasteiger partial charge in [0, 0.05) is 13.2 Å². The predicted molar refractivity (Wildman–Crippen MR) is 50.3 cm³/mol. The molecule has 0 aromatic rings. The molecule has 0 aromatic carbocycles. The van der Waals surface area contributed by atoms with Crippen molar-refractivity contribution in [2.75, 3.05) is 26.3 Å². The highest BCUT2D eigenvalue weighted by Gasteiger charge is 2.06. The van der Waals surface area contributed by atoms with Crippen LogP contribution in [0.1, 0.15) is 26.7 Å². The third-order valence-electron chi connectivity index (χ3n) is 1.72. The number of ether oxygens (including phenoxy) is 1. The Balaban J connectivity index is 0.000000217. The second-order valence-corrected chi connectivity index (χ2v) is 2.76. The van der Waals surface area contributed by atoms with Crippen LogP contribution in [0.4, 0.5) is 0 Å². The molecule has 3 heteroatoms. The number of hydrogen-bond acceptors (Lipinski definition) is 3. The maximum atomic E-state index is 8.87. The molecule has 3 nitrogen and oxygen atoms in total. The van der Waals surface area contributed by atoms with Crippen molar-refractivity contribution in [2.45, 2.75) is 32.8 Å². The molecule has 1 saturated heterocycles. The molecular weight excluding hydrogens is 154 g/mol. The zero-order valence-electron chi connectivity index (χ0n) is 8.18. The summed E-state index contributed by atoms with van der Waals surface area (Å²) in [5, 5.41) is 12.0. The highest BCUT2D eigenvalue weighted by molar-refractivity contribution is 4.65. The maximum Gasteiger partial charge on any atom is 0.0564 e. The largest absolute Gasteiger partial charge is 0.393 e. The van der Waals surface area contributed by atoms with Crippen LogP contribution in [0.3, 0.4) is 0 Å². The lowest BCUT2D eigenvalue weighted by molar-refractivity contribution is 0.137. The number of aliphatic hydroxyl groups is 1. The van der Waals surface area contributed by atoms with E-state index >= 15 is 0 Å². The molecule has 1 aliphatic rings. The normalized spacial score (nSPS) is 18.2. The van der Waals surface area contributed by atoms with E-state index in [0.29, 0.717) is 0 Å². The van der Waals surface area contributed by atoms with Crippen LogP contribution in [0.5, 0.6) is 0 Å². The van der Waals surface area contributed by atoms with E-state index < -0.39 is 0 Å².